The summed E-state index contributed by atoms with van der Waals surface area (Å²) in [6, 6.07) is 9.18. The summed E-state index contributed by atoms with van der Waals surface area (Å²) in [4.78, 5) is 13.1. The molecule has 0 atom stereocenters. The first-order valence-corrected chi connectivity index (χ1v) is 7.59. The second-order valence-electron chi connectivity index (χ2n) is 3.93. The van der Waals surface area contributed by atoms with Crippen LogP contribution >= 0.6 is 35.0 Å². The highest BCUT2D eigenvalue weighted by Gasteiger charge is 2.12. The number of rotatable bonds is 3. The van der Waals surface area contributed by atoms with Gasteiger partial charge in [0, 0.05) is 10.6 Å². The number of nitrogens with one attached hydrogen (secondary N) is 1. The van der Waals surface area contributed by atoms with Gasteiger partial charge in [-0.2, -0.15) is 0 Å². The minimum absolute atomic E-state index is 0.0493. The average molecular weight is 330 g/mol. The highest BCUT2D eigenvalue weighted by Crippen LogP contribution is 2.25. The Kier molecular flexibility index (Phi) is 4.91. The summed E-state index contributed by atoms with van der Waals surface area (Å²) in [5, 5.41) is 2.94. The van der Waals surface area contributed by atoms with Crippen LogP contribution in [0, 0.1) is 5.82 Å². The third kappa shape index (κ3) is 3.45. The van der Waals surface area contributed by atoms with E-state index in [1.165, 1.54) is 30.0 Å². The number of hydrogen-bond acceptors (Lipinski definition) is 2. The van der Waals surface area contributed by atoms with Gasteiger partial charge in [-0.1, -0.05) is 23.2 Å². The Bertz CT molecular complexity index is 664. The van der Waals surface area contributed by atoms with Crippen LogP contribution in [0.25, 0.3) is 0 Å². The molecule has 2 rings (SSSR count). The van der Waals surface area contributed by atoms with Crippen molar-refractivity contribution < 1.29 is 9.18 Å². The number of carbonyl (C=O) groups excluding carboxylic acids is 1. The highest BCUT2D eigenvalue weighted by molar-refractivity contribution is 7.98. The van der Waals surface area contributed by atoms with Gasteiger partial charge in [0.15, 0.2) is 0 Å². The van der Waals surface area contributed by atoms with Gasteiger partial charge in [-0.3, -0.25) is 4.79 Å². The van der Waals surface area contributed by atoms with Gasteiger partial charge < -0.3 is 5.32 Å². The van der Waals surface area contributed by atoms with Gasteiger partial charge in [0.05, 0.1) is 15.6 Å². The molecule has 2 nitrogen and oxygen atoms in total. The first kappa shape index (κ1) is 15.2. The first-order chi connectivity index (χ1) is 9.51. The lowest BCUT2D eigenvalue weighted by Crippen LogP contribution is -2.12. The summed E-state index contributed by atoms with van der Waals surface area (Å²) < 4.78 is 13.1. The highest BCUT2D eigenvalue weighted by atomic mass is 35.5. The Morgan fingerprint density at radius 2 is 1.90 bits per heavy atom. The standard InChI is InChI=1S/C14H10Cl2FNOS/c1-20-9-3-4-11(15)10(7-9)14(19)18-8-2-5-13(17)12(16)6-8/h2-7H,1H3,(H,18,19). The molecule has 0 aromatic heterocycles. The monoisotopic (exact) mass is 329 g/mol. The van der Waals surface area contributed by atoms with Crippen LogP contribution in [0.3, 0.4) is 0 Å². The van der Waals surface area contributed by atoms with Crippen LogP contribution in [0.5, 0.6) is 0 Å². The number of amides is 1. The zero-order chi connectivity index (χ0) is 14.7. The molecule has 2 aromatic rings. The smallest absolute Gasteiger partial charge is 0.257 e. The van der Waals surface area contributed by atoms with Crippen molar-refractivity contribution >= 4 is 46.6 Å². The lowest BCUT2D eigenvalue weighted by atomic mass is 10.2. The summed E-state index contributed by atoms with van der Waals surface area (Å²) in [7, 11) is 0. The Balaban J connectivity index is 2.25. The largest absolute Gasteiger partial charge is 0.322 e. The summed E-state index contributed by atoms with van der Waals surface area (Å²) in [5.74, 6) is -0.902. The third-order valence-electron chi connectivity index (χ3n) is 2.60. The van der Waals surface area contributed by atoms with Crippen molar-refractivity contribution in [2.24, 2.45) is 0 Å². The number of anilines is 1. The molecule has 0 aliphatic rings. The first-order valence-electron chi connectivity index (χ1n) is 5.61. The zero-order valence-electron chi connectivity index (χ0n) is 10.4. The van der Waals surface area contributed by atoms with E-state index in [1.807, 2.05) is 12.3 Å². The van der Waals surface area contributed by atoms with Crippen LogP contribution in [-0.4, -0.2) is 12.2 Å². The molecule has 0 bridgehead atoms. The van der Waals surface area contributed by atoms with Crippen molar-refractivity contribution in [3.63, 3.8) is 0 Å². The number of benzene rings is 2. The molecule has 0 spiro atoms. The molecule has 1 N–H and O–H groups in total. The molecule has 1 amide bonds. The zero-order valence-corrected chi connectivity index (χ0v) is 12.7. The van der Waals surface area contributed by atoms with E-state index in [-0.39, 0.29) is 10.9 Å². The van der Waals surface area contributed by atoms with Crippen molar-refractivity contribution in [3.8, 4) is 0 Å². The molecule has 0 radical (unpaired) electrons. The maximum Gasteiger partial charge on any atom is 0.257 e. The van der Waals surface area contributed by atoms with Gasteiger partial charge in [0.25, 0.3) is 5.91 Å². The van der Waals surface area contributed by atoms with Gasteiger partial charge in [-0.05, 0) is 42.7 Å². The molecule has 0 unspecified atom stereocenters. The summed E-state index contributed by atoms with van der Waals surface area (Å²) in [5.41, 5.74) is 0.769. The van der Waals surface area contributed by atoms with Crippen molar-refractivity contribution in [2.75, 3.05) is 11.6 Å². The molecule has 0 aliphatic heterocycles. The van der Waals surface area contributed by atoms with E-state index in [4.69, 9.17) is 23.2 Å². The molecule has 0 saturated carbocycles. The molecular weight excluding hydrogens is 320 g/mol. The molecular formula is C14H10Cl2FNOS. The Hall–Kier alpha value is -1.23. The van der Waals surface area contributed by atoms with E-state index in [1.54, 1.807) is 12.1 Å². The predicted octanol–water partition coefficient (Wildman–Crippen LogP) is 5.11. The molecule has 0 heterocycles. The van der Waals surface area contributed by atoms with Crippen molar-refractivity contribution in [1.29, 1.82) is 0 Å². The maximum absolute atomic E-state index is 13.1. The fourth-order valence-electron chi connectivity index (χ4n) is 1.58. The predicted molar refractivity (Wildman–Crippen MR) is 82.6 cm³/mol. The van der Waals surface area contributed by atoms with Crippen LogP contribution in [0.15, 0.2) is 41.3 Å². The molecule has 6 heteroatoms. The van der Waals surface area contributed by atoms with Gasteiger partial charge in [0.1, 0.15) is 5.82 Å². The Morgan fingerprint density at radius 1 is 1.15 bits per heavy atom. The average Bonchev–Trinajstić information content (AvgIpc) is 2.43. The quantitative estimate of drug-likeness (QED) is 0.793. The molecule has 0 aliphatic carbocycles. The topological polar surface area (TPSA) is 29.1 Å². The molecule has 20 heavy (non-hydrogen) atoms. The van der Waals surface area contributed by atoms with Crippen LogP contribution in [-0.2, 0) is 0 Å². The SMILES string of the molecule is CSc1ccc(Cl)c(C(=O)Nc2ccc(F)c(Cl)c2)c1. The van der Waals surface area contributed by atoms with Crippen molar-refractivity contribution in [3.05, 3.63) is 57.8 Å². The minimum Gasteiger partial charge on any atom is -0.322 e. The fraction of sp³-hybridized carbons (Fsp3) is 0.0714. The second-order valence-corrected chi connectivity index (χ2v) is 5.62. The van der Waals surface area contributed by atoms with E-state index < -0.39 is 5.82 Å². The maximum atomic E-state index is 13.1. The Labute approximate surface area is 130 Å². The van der Waals surface area contributed by atoms with E-state index in [2.05, 4.69) is 5.32 Å². The summed E-state index contributed by atoms with van der Waals surface area (Å²) in [6.07, 6.45) is 1.91. The summed E-state index contributed by atoms with van der Waals surface area (Å²) in [6.45, 7) is 0. The normalized spacial score (nSPS) is 10.4. The molecule has 0 fully saturated rings. The van der Waals surface area contributed by atoms with E-state index in [9.17, 15) is 9.18 Å². The summed E-state index contributed by atoms with van der Waals surface area (Å²) >= 11 is 13.2. The molecule has 2 aromatic carbocycles. The molecule has 0 saturated heterocycles. The lowest BCUT2D eigenvalue weighted by Gasteiger charge is -2.08. The fourth-order valence-corrected chi connectivity index (χ4v) is 2.40. The van der Waals surface area contributed by atoms with Gasteiger partial charge in [0.2, 0.25) is 0 Å². The lowest BCUT2D eigenvalue weighted by molar-refractivity contribution is 0.102. The Morgan fingerprint density at radius 3 is 2.55 bits per heavy atom. The van der Waals surface area contributed by atoms with Crippen LogP contribution in [0.4, 0.5) is 10.1 Å². The number of carbonyl (C=O) groups is 1. The van der Waals surface area contributed by atoms with Gasteiger partial charge in [-0.25, -0.2) is 4.39 Å². The van der Waals surface area contributed by atoms with E-state index in [0.29, 0.717) is 16.3 Å². The van der Waals surface area contributed by atoms with Crippen molar-refractivity contribution in [2.45, 2.75) is 4.90 Å². The number of halogens is 3. The molecule has 104 valence electrons. The van der Waals surface area contributed by atoms with E-state index >= 15 is 0 Å². The van der Waals surface area contributed by atoms with Crippen LogP contribution in [0.1, 0.15) is 10.4 Å². The van der Waals surface area contributed by atoms with Crippen LogP contribution < -0.4 is 5.32 Å². The third-order valence-corrected chi connectivity index (χ3v) is 3.94. The van der Waals surface area contributed by atoms with E-state index in [0.717, 1.165) is 4.90 Å². The van der Waals surface area contributed by atoms with Crippen molar-refractivity contribution in [1.82, 2.24) is 0 Å². The number of thioether (sulfide) groups is 1. The second kappa shape index (κ2) is 6.48. The van der Waals surface area contributed by atoms with Gasteiger partial charge in [-0.15, -0.1) is 11.8 Å². The van der Waals surface area contributed by atoms with Crippen LogP contribution in [0.2, 0.25) is 10.0 Å². The number of hydrogen-bond donors (Lipinski definition) is 1. The van der Waals surface area contributed by atoms with Gasteiger partial charge >= 0.3 is 0 Å². The minimum atomic E-state index is -0.535.